The number of carbonyl (C=O) groups excluding carboxylic acids is 2. The molecule has 2 amide bonds. The molecule has 1 saturated heterocycles. The molecule has 22 heavy (non-hydrogen) atoms. The van der Waals surface area contributed by atoms with Gasteiger partial charge in [-0.2, -0.15) is 0 Å². The summed E-state index contributed by atoms with van der Waals surface area (Å²) in [5, 5.41) is 10.8. The molecule has 0 radical (unpaired) electrons. The quantitative estimate of drug-likeness (QED) is 0.840. The summed E-state index contributed by atoms with van der Waals surface area (Å²) in [5.41, 5.74) is 0.980. The Balaban J connectivity index is 1.75. The SMILES string of the molecule is CC(=O)N1CCC[C@](O)(C(=O)N2CCc3ccccc3C2)C1. The van der Waals surface area contributed by atoms with Gasteiger partial charge < -0.3 is 14.9 Å². The lowest BCUT2D eigenvalue weighted by Gasteiger charge is -2.41. The standard InChI is InChI=1S/C17H22N2O3/c1-13(20)19-9-4-8-17(22,12-19)16(21)18-10-7-14-5-2-3-6-15(14)11-18/h2-3,5-6,22H,4,7-12H2,1H3/t17-/m1/s1. The minimum atomic E-state index is -1.43. The molecule has 1 fully saturated rings. The van der Waals surface area contributed by atoms with Crippen molar-refractivity contribution in [3.05, 3.63) is 35.4 Å². The van der Waals surface area contributed by atoms with E-state index in [0.29, 0.717) is 32.5 Å². The van der Waals surface area contributed by atoms with Crippen LogP contribution in [0.2, 0.25) is 0 Å². The number of likely N-dealkylation sites (tertiary alicyclic amines) is 1. The Morgan fingerprint density at radius 1 is 1.14 bits per heavy atom. The van der Waals surface area contributed by atoms with Gasteiger partial charge in [0.25, 0.3) is 5.91 Å². The van der Waals surface area contributed by atoms with Crippen LogP contribution in [0, 0.1) is 0 Å². The number of rotatable bonds is 1. The molecule has 0 bridgehead atoms. The largest absolute Gasteiger partial charge is 0.378 e. The van der Waals surface area contributed by atoms with E-state index in [-0.39, 0.29) is 18.4 Å². The summed E-state index contributed by atoms with van der Waals surface area (Å²) in [5.74, 6) is -0.331. The minimum absolute atomic E-state index is 0.0880. The van der Waals surface area contributed by atoms with Gasteiger partial charge in [0, 0.05) is 26.6 Å². The molecule has 0 aliphatic carbocycles. The van der Waals surface area contributed by atoms with E-state index in [2.05, 4.69) is 6.07 Å². The lowest BCUT2D eigenvalue weighted by molar-refractivity contribution is -0.160. The van der Waals surface area contributed by atoms with E-state index in [4.69, 9.17) is 0 Å². The third-order valence-electron chi connectivity index (χ3n) is 4.73. The van der Waals surface area contributed by atoms with Crippen LogP contribution in [-0.4, -0.2) is 52.0 Å². The van der Waals surface area contributed by atoms with Crippen LogP contribution in [0.25, 0.3) is 0 Å². The average molecular weight is 302 g/mol. The molecule has 0 saturated carbocycles. The summed E-state index contributed by atoms with van der Waals surface area (Å²) in [7, 11) is 0. The highest BCUT2D eigenvalue weighted by Crippen LogP contribution is 2.27. The number of fused-ring (bicyclic) bond motifs is 1. The molecular weight excluding hydrogens is 280 g/mol. The van der Waals surface area contributed by atoms with Crippen molar-refractivity contribution in [2.45, 2.75) is 38.3 Å². The zero-order valence-electron chi connectivity index (χ0n) is 12.9. The van der Waals surface area contributed by atoms with Crippen molar-refractivity contribution in [2.75, 3.05) is 19.6 Å². The summed E-state index contributed by atoms with van der Waals surface area (Å²) < 4.78 is 0. The van der Waals surface area contributed by atoms with Gasteiger partial charge in [-0.3, -0.25) is 9.59 Å². The molecule has 1 atom stereocenters. The molecule has 1 aromatic rings. The number of nitrogens with zero attached hydrogens (tertiary/aromatic N) is 2. The third-order valence-corrected chi connectivity index (χ3v) is 4.73. The van der Waals surface area contributed by atoms with Crippen molar-refractivity contribution in [2.24, 2.45) is 0 Å². The van der Waals surface area contributed by atoms with Crippen LogP contribution in [-0.2, 0) is 22.6 Å². The van der Waals surface area contributed by atoms with E-state index < -0.39 is 5.60 Å². The van der Waals surface area contributed by atoms with Crippen LogP contribution in [0.4, 0.5) is 0 Å². The average Bonchev–Trinajstić information content (AvgIpc) is 2.53. The predicted molar refractivity (Wildman–Crippen MR) is 82.0 cm³/mol. The van der Waals surface area contributed by atoms with E-state index in [1.165, 1.54) is 12.5 Å². The molecule has 0 unspecified atom stereocenters. The van der Waals surface area contributed by atoms with E-state index in [9.17, 15) is 14.7 Å². The number of hydrogen-bond acceptors (Lipinski definition) is 3. The molecule has 5 heteroatoms. The number of β-amino-alcohol motifs (C(OH)–C–C–N with tert-alkyl or cyclic N) is 1. The number of hydrogen-bond donors (Lipinski definition) is 1. The molecule has 1 aromatic carbocycles. The van der Waals surface area contributed by atoms with Crippen molar-refractivity contribution < 1.29 is 14.7 Å². The smallest absolute Gasteiger partial charge is 0.256 e. The third kappa shape index (κ3) is 2.73. The van der Waals surface area contributed by atoms with Gasteiger partial charge in [-0.15, -0.1) is 0 Å². The summed E-state index contributed by atoms with van der Waals surface area (Å²) in [6.45, 7) is 3.37. The Hall–Kier alpha value is -1.88. The fraction of sp³-hybridized carbons (Fsp3) is 0.529. The van der Waals surface area contributed by atoms with Crippen LogP contribution in [0.3, 0.4) is 0 Å². The first-order valence-corrected chi connectivity index (χ1v) is 7.84. The topological polar surface area (TPSA) is 60.9 Å². The van der Waals surface area contributed by atoms with Crippen LogP contribution < -0.4 is 0 Å². The first-order chi connectivity index (χ1) is 10.5. The van der Waals surface area contributed by atoms with Crippen molar-refractivity contribution >= 4 is 11.8 Å². The number of aliphatic hydroxyl groups is 1. The first-order valence-electron chi connectivity index (χ1n) is 7.84. The highest BCUT2D eigenvalue weighted by atomic mass is 16.3. The van der Waals surface area contributed by atoms with E-state index in [0.717, 1.165) is 12.0 Å². The van der Waals surface area contributed by atoms with Gasteiger partial charge in [-0.05, 0) is 30.4 Å². The monoisotopic (exact) mass is 302 g/mol. The van der Waals surface area contributed by atoms with Crippen molar-refractivity contribution in [1.29, 1.82) is 0 Å². The van der Waals surface area contributed by atoms with Gasteiger partial charge in [0.15, 0.2) is 5.60 Å². The highest BCUT2D eigenvalue weighted by Gasteiger charge is 2.43. The molecule has 3 rings (SSSR count). The maximum absolute atomic E-state index is 12.8. The molecule has 5 nitrogen and oxygen atoms in total. The Morgan fingerprint density at radius 3 is 2.59 bits per heavy atom. The van der Waals surface area contributed by atoms with Crippen LogP contribution >= 0.6 is 0 Å². The summed E-state index contributed by atoms with van der Waals surface area (Å²) >= 11 is 0. The predicted octanol–water partition coefficient (Wildman–Crippen LogP) is 0.945. The van der Waals surface area contributed by atoms with Crippen molar-refractivity contribution in [3.63, 3.8) is 0 Å². The summed E-state index contributed by atoms with van der Waals surface area (Å²) in [6.07, 6.45) is 1.90. The Labute approximate surface area is 130 Å². The van der Waals surface area contributed by atoms with Gasteiger partial charge >= 0.3 is 0 Å². The van der Waals surface area contributed by atoms with Crippen molar-refractivity contribution in [1.82, 2.24) is 9.80 Å². The van der Waals surface area contributed by atoms with E-state index >= 15 is 0 Å². The summed E-state index contributed by atoms with van der Waals surface area (Å²) in [6, 6.07) is 8.10. The van der Waals surface area contributed by atoms with Gasteiger partial charge in [-0.25, -0.2) is 0 Å². The fourth-order valence-electron chi connectivity index (χ4n) is 3.44. The molecule has 0 aromatic heterocycles. The zero-order chi connectivity index (χ0) is 15.7. The fourth-order valence-corrected chi connectivity index (χ4v) is 3.44. The molecule has 2 heterocycles. The second-order valence-corrected chi connectivity index (χ2v) is 6.32. The number of piperidine rings is 1. The first kappa shape index (κ1) is 15.0. The molecule has 118 valence electrons. The normalized spacial score (nSPS) is 24.8. The highest BCUT2D eigenvalue weighted by molar-refractivity contribution is 5.86. The number of benzene rings is 1. The van der Waals surface area contributed by atoms with E-state index in [1.54, 1.807) is 9.80 Å². The Morgan fingerprint density at radius 2 is 1.86 bits per heavy atom. The van der Waals surface area contributed by atoms with Gasteiger partial charge in [0.1, 0.15) is 0 Å². The van der Waals surface area contributed by atoms with Gasteiger partial charge in [-0.1, -0.05) is 24.3 Å². The molecule has 1 N–H and O–H groups in total. The minimum Gasteiger partial charge on any atom is -0.378 e. The van der Waals surface area contributed by atoms with Crippen LogP contribution in [0.1, 0.15) is 30.9 Å². The lowest BCUT2D eigenvalue weighted by atomic mass is 9.89. The Bertz CT molecular complexity index is 601. The Kier molecular flexibility index (Phi) is 3.91. The maximum atomic E-state index is 12.8. The van der Waals surface area contributed by atoms with Gasteiger partial charge in [0.05, 0.1) is 6.54 Å². The number of carbonyl (C=O) groups is 2. The van der Waals surface area contributed by atoms with Crippen LogP contribution in [0.5, 0.6) is 0 Å². The van der Waals surface area contributed by atoms with Gasteiger partial charge in [0.2, 0.25) is 5.91 Å². The van der Waals surface area contributed by atoms with Crippen molar-refractivity contribution in [3.8, 4) is 0 Å². The molecule has 2 aliphatic rings. The molecular formula is C17H22N2O3. The zero-order valence-corrected chi connectivity index (χ0v) is 12.9. The maximum Gasteiger partial charge on any atom is 0.256 e. The summed E-state index contributed by atoms with van der Waals surface area (Å²) in [4.78, 5) is 27.6. The molecule has 0 spiro atoms. The van der Waals surface area contributed by atoms with E-state index in [1.807, 2.05) is 18.2 Å². The number of amides is 2. The second kappa shape index (κ2) is 5.72. The second-order valence-electron chi connectivity index (χ2n) is 6.32. The van der Waals surface area contributed by atoms with Crippen LogP contribution in [0.15, 0.2) is 24.3 Å². The lowest BCUT2D eigenvalue weighted by Crippen LogP contribution is -2.59. The molecule has 2 aliphatic heterocycles.